The van der Waals surface area contributed by atoms with Gasteiger partial charge in [-0.1, -0.05) is 6.07 Å². The molecule has 1 aliphatic heterocycles. The van der Waals surface area contributed by atoms with E-state index in [4.69, 9.17) is 9.47 Å². The molecule has 0 aliphatic carbocycles. The van der Waals surface area contributed by atoms with E-state index in [2.05, 4.69) is 10.2 Å². The van der Waals surface area contributed by atoms with Crippen LogP contribution in [0.3, 0.4) is 0 Å². The minimum atomic E-state index is -4.40. The summed E-state index contributed by atoms with van der Waals surface area (Å²) >= 11 is 0. The van der Waals surface area contributed by atoms with Crippen LogP contribution >= 0.6 is 0 Å². The van der Waals surface area contributed by atoms with Crippen molar-refractivity contribution in [2.45, 2.75) is 19.0 Å². The van der Waals surface area contributed by atoms with Crippen molar-refractivity contribution in [1.82, 2.24) is 10.2 Å². The number of hydrogen-bond acceptors (Lipinski definition) is 5. The molecule has 1 aromatic heterocycles. The molecular weight excluding hydrogens is 371 g/mol. The van der Waals surface area contributed by atoms with Gasteiger partial charge in [0.1, 0.15) is 0 Å². The van der Waals surface area contributed by atoms with Crippen molar-refractivity contribution in [3.63, 3.8) is 0 Å². The van der Waals surface area contributed by atoms with Gasteiger partial charge >= 0.3 is 6.18 Å². The van der Waals surface area contributed by atoms with Crippen LogP contribution in [-0.4, -0.2) is 31.0 Å². The number of benzene rings is 2. The van der Waals surface area contributed by atoms with Gasteiger partial charge in [0.15, 0.2) is 11.5 Å². The van der Waals surface area contributed by atoms with Gasteiger partial charge in [-0.25, -0.2) is 0 Å². The molecule has 28 heavy (non-hydrogen) atoms. The highest BCUT2D eigenvalue weighted by molar-refractivity contribution is 5.95. The lowest BCUT2D eigenvalue weighted by Gasteiger charge is -2.32. The number of methoxy groups -OCH3 is 2. The zero-order valence-corrected chi connectivity index (χ0v) is 15.4. The Morgan fingerprint density at radius 3 is 2.46 bits per heavy atom. The third-order valence-electron chi connectivity index (χ3n) is 4.95. The highest BCUT2D eigenvalue weighted by atomic mass is 19.4. The predicted octanol–water partition coefficient (Wildman–Crippen LogP) is 4.75. The lowest BCUT2D eigenvalue weighted by atomic mass is 9.98. The largest absolute Gasteiger partial charge is 0.493 e. The van der Waals surface area contributed by atoms with E-state index < -0.39 is 11.7 Å². The molecule has 0 fully saturated rings. The molecule has 0 saturated carbocycles. The van der Waals surface area contributed by atoms with E-state index in [9.17, 15) is 13.2 Å². The number of aryl methyl sites for hydroxylation is 1. The van der Waals surface area contributed by atoms with Crippen LogP contribution in [0.5, 0.6) is 11.5 Å². The van der Waals surface area contributed by atoms with Crippen LogP contribution in [0, 0.1) is 0 Å². The SMILES string of the molecule is COc1cc2nncc(N3CCCc4ccc(C(F)(F)F)cc43)c2cc1OC. The van der Waals surface area contributed by atoms with Gasteiger partial charge in [-0.05, 0) is 36.6 Å². The second-order valence-electron chi connectivity index (χ2n) is 6.55. The first-order valence-electron chi connectivity index (χ1n) is 8.77. The van der Waals surface area contributed by atoms with E-state index in [0.29, 0.717) is 34.9 Å². The maximum absolute atomic E-state index is 13.3. The smallest absolute Gasteiger partial charge is 0.416 e. The summed E-state index contributed by atoms with van der Waals surface area (Å²) in [5.41, 5.74) is 2.03. The molecule has 4 rings (SSSR count). The first-order chi connectivity index (χ1) is 13.4. The fourth-order valence-electron chi connectivity index (χ4n) is 3.59. The maximum Gasteiger partial charge on any atom is 0.416 e. The number of rotatable bonds is 3. The molecule has 0 radical (unpaired) electrons. The predicted molar refractivity (Wildman–Crippen MR) is 99.4 cm³/mol. The summed E-state index contributed by atoms with van der Waals surface area (Å²) in [6.45, 7) is 0.587. The van der Waals surface area contributed by atoms with Gasteiger partial charge in [0.25, 0.3) is 0 Å². The van der Waals surface area contributed by atoms with Gasteiger partial charge in [-0.2, -0.15) is 23.4 Å². The van der Waals surface area contributed by atoms with Crippen molar-refractivity contribution in [3.8, 4) is 11.5 Å². The molecule has 0 spiro atoms. The fourth-order valence-corrected chi connectivity index (χ4v) is 3.59. The van der Waals surface area contributed by atoms with E-state index in [-0.39, 0.29) is 0 Å². The monoisotopic (exact) mass is 389 g/mol. The van der Waals surface area contributed by atoms with Gasteiger partial charge in [-0.15, -0.1) is 0 Å². The second kappa shape index (κ2) is 6.85. The summed E-state index contributed by atoms with van der Waals surface area (Å²) in [5, 5.41) is 8.93. The number of fused-ring (bicyclic) bond motifs is 2. The summed E-state index contributed by atoms with van der Waals surface area (Å²) in [4.78, 5) is 1.87. The average molecular weight is 389 g/mol. The Hall–Kier alpha value is -3.03. The van der Waals surface area contributed by atoms with Crippen molar-refractivity contribution in [2.75, 3.05) is 25.7 Å². The molecule has 0 unspecified atom stereocenters. The highest BCUT2D eigenvalue weighted by Gasteiger charge is 2.32. The number of alkyl halides is 3. The van der Waals surface area contributed by atoms with Crippen LogP contribution in [0.15, 0.2) is 36.5 Å². The molecule has 3 aromatic rings. The zero-order valence-electron chi connectivity index (χ0n) is 15.4. The lowest BCUT2D eigenvalue weighted by Crippen LogP contribution is -2.25. The number of aromatic nitrogens is 2. The standard InChI is InChI=1S/C20H18F3N3O2/c1-27-18-9-14-15(10-19(18)28-2)25-24-11-17(14)26-7-3-4-12-5-6-13(8-16(12)26)20(21,22)23/h5-6,8-11H,3-4,7H2,1-2H3. The van der Waals surface area contributed by atoms with E-state index in [1.807, 2.05) is 4.90 Å². The van der Waals surface area contributed by atoms with Crippen molar-refractivity contribution in [1.29, 1.82) is 0 Å². The van der Waals surface area contributed by atoms with Gasteiger partial charge in [0.2, 0.25) is 0 Å². The van der Waals surface area contributed by atoms with Crippen molar-refractivity contribution >= 4 is 22.3 Å². The number of hydrogen-bond donors (Lipinski definition) is 0. The first kappa shape index (κ1) is 18.3. The summed E-state index contributed by atoms with van der Waals surface area (Å²) < 4.78 is 50.4. The molecule has 0 bridgehead atoms. The van der Waals surface area contributed by atoms with Crippen LogP contribution in [0.4, 0.5) is 24.5 Å². The van der Waals surface area contributed by atoms with Crippen LogP contribution < -0.4 is 14.4 Å². The molecule has 1 aliphatic rings. The molecule has 0 atom stereocenters. The fraction of sp³-hybridized carbons (Fsp3) is 0.300. The molecule has 146 valence electrons. The Bertz CT molecular complexity index is 1040. The van der Waals surface area contributed by atoms with Gasteiger partial charge in [0, 0.05) is 23.7 Å². The number of halogens is 3. The maximum atomic E-state index is 13.3. The molecule has 5 nitrogen and oxygen atoms in total. The summed E-state index contributed by atoms with van der Waals surface area (Å²) in [6, 6.07) is 7.40. The Morgan fingerprint density at radius 1 is 1.00 bits per heavy atom. The van der Waals surface area contributed by atoms with E-state index >= 15 is 0 Å². The minimum Gasteiger partial charge on any atom is -0.493 e. The third kappa shape index (κ3) is 3.08. The molecule has 0 amide bonds. The van der Waals surface area contributed by atoms with Gasteiger partial charge in [-0.3, -0.25) is 0 Å². The second-order valence-corrected chi connectivity index (χ2v) is 6.55. The zero-order chi connectivity index (χ0) is 19.9. The van der Waals surface area contributed by atoms with Crippen molar-refractivity contribution in [3.05, 3.63) is 47.7 Å². The number of ether oxygens (including phenoxy) is 2. The normalized spacial score (nSPS) is 14.1. The third-order valence-corrected chi connectivity index (χ3v) is 4.95. The molecule has 0 saturated heterocycles. The summed E-state index contributed by atoms with van der Waals surface area (Å²) in [6.07, 6.45) is -1.26. The summed E-state index contributed by atoms with van der Waals surface area (Å²) in [5.74, 6) is 1.03. The van der Waals surface area contributed by atoms with Gasteiger partial charge < -0.3 is 14.4 Å². The van der Waals surface area contributed by atoms with Gasteiger partial charge in [0.05, 0.1) is 37.2 Å². The topological polar surface area (TPSA) is 47.5 Å². The Morgan fingerprint density at radius 2 is 1.75 bits per heavy atom. The van der Waals surface area contributed by atoms with Crippen LogP contribution in [0.25, 0.3) is 10.9 Å². The average Bonchev–Trinajstić information content (AvgIpc) is 2.70. The highest BCUT2D eigenvalue weighted by Crippen LogP contribution is 2.42. The molecule has 0 N–H and O–H groups in total. The molecule has 8 heteroatoms. The molecule has 2 aromatic carbocycles. The first-order valence-corrected chi connectivity index (χ1v) is 8.77. The molecule has 2 heterocycles. The van der Waals surface area contributed by atoms with E-state index in [1.165, 1.54) is 20.3 Å². The van der Waals surface area contributed by atoms with Crippen LogP contribution in [-0.2, 0) is 12.6 Å². The Kier molecular flexibility index (Phi) is 4.49. The van der Waals surface area contributed by atoms with Crippen LogP contribution in [0.1, 0.15) is 17.5 Å². The van der Waals surface area contributed by atoms with Crippen molar-refractivity contribution in [2.24, 2.45) is 0 Å². The van der Waals surface area contributed by atoms with E-state index in [1.54, 1.807) is 24.4 Å². The number of nitrogens with zero attached hydrogens (tertiary/aromatic N) is 3. The molecular formula is C20H18F3N3O2. The van der Waals surface area contributed by atoms with E-state index in [0.717, 1.165) is 29.9 Å². The Labute approximate surface area is 159 Å². The van der Waals surface area contributed by atoms with Crippen molar-refractivity contribution < 1.29 is 22.6 Å². The summed E-state index contributed by atoms with van der Waals surface area (Å²) in [7, 11) is 3.06. The lowest BCUT2D eigenvalue weighted by molar-refractivity contribution is -0.137. The Balaban J connectivity index is 1.90. The minimum absolute atomic E-state index is 0.514. The van der Waals surface area contributed by atoms with Crippen LogP contribution in [0.2, 0.25) is 0 Å². The quantitative estimate of drug-likeness (QED) is 0.647. The number of anilines is 2.